The molecule has 0 radical (unpaired) electrons. The van der Waals surface area contributed by atoms with Crippen molar-refractivity contribution in [2.75, 3.05) is 13.7 Å². The van der Waals surface area contributed by atoms with Crippen LogP contribution in [-0.4, -0.2) is 13.7 Å². The summed E-state index contributed by atoms with van der Waals surface area (Å²) in [5.41, 5.74) is 2.46. The molecular weight excluding hydrogens is 346 g/mol. The van der Waals surface area contributed by atoms with E-state index in [0.29, 0.717) is 0 Å². The molecule has 4 heteroatoms. The highest BCUT2D eigenvalue weighted by Crippen LogP contribution is 2.31. The molecule has 0 spiro atoms. The Balaban J connectivity index is 2.26. The molecule has 1 N–H and O–H groups in total. The molecule has 0 saturated heterocycles. The number of aryl methyl sites for hydroxylation is 1. The Bertz CT molecular complexity index is 582. The predicted molar refractivity (Wildman–Crippen MR) is 94.5 cm³/mol. The van der Waals surface area contributed by atoms with Crippen LogP contribution in [0.25, 0.3) is 0 Å². The van der Waals surface area contributed by atoms with E-state index in [1.165, 1.54) is 19.8 Å². The molecule has 0 aliphatic rings. The number of ether oxygens (including phenoxy) is 1. The van der Waals surface area contributed by atoms with E-state index in [1.807, 2.05) is 0 Å². The zero-order valence-corrected chi connectivity index (χ0v) is 15.2. The van der Waals surface area contributed by atoms with Gasteiger partial charge in [0, 0.05) is 22.9 Å². The quantitative estimate of drug-likeness (QED) is 0.733. The van der Waals surface area contributed by atoms with Crippen LogP contribution < -0.4 is 10.1 Å². The first kappa shape index (κ1) is 16.5. The molecule has 0 amide bonds. The van der Waals surface area contributed by atoms with Crippen LogP contribution in [-0.2, 0) is 6.42 Å². The molecule has 0 saturated carbocycles. The SMILES string of the molecule is CCCNC(Cc1ccc(Br)s1)c1ccc(C)cc1OC. The summed E-state index contributed by atoms with van der Waals surface area (Å²) in [5.74, 6) is 0.972. The smallest absolute Gasteiger partial charge is 0.123 e. The molecule has 0 aliphatic heterocycles. The van der Waals surface area contributed by atoms with Gasteiger partial charge in [-0.15, -0.1) is 11.3 Å². The highest BCUT2D eigenvalue weighted by Gasteiger charge is 2.17. The monoisotopic (exact) mass is 367 g/mol. The number of hydrogen-bond acceptors (Lipinski definition) is 3. The molecule has 1 heterocycles. The Kier molecular flexibility index (Phi) is 6.27. The van der Waals surface area contributed by atoms with Crippen LogP contribution in [0.2, 0.25) is 0 Å². The molecule has 1 atom stereocenters. The third-order valence-corrected chi connectivity index (χ3v) is 5.09. The van der Waals surface area contributed by atoms with E-state index in [2.05, 4.69) is 65.4 Å². The molecule has 1 aromatic heterocycles. The average molecular weight is 368 g/mol. The normalized spacial score (nSPS) is 12.4. The van der Waals surface area contributed by atoms with E-state index in [0.717, 1.165) is 25.1 Å². The van der Waals surface area contributed by atoms with E-state index >= 15 is 0 Å². The molecule has 21 heavy (non-hydrogen) atoms. The summed E-state index contributed by atoms with van der Waals surface area (Å²) in [4.78, 5) is 1.37. The lowest BCUT2D eigenvalue weighted by Gasteiger charge is -2.21. The second kappa shape index (κ2) is 7.97. The van der Waals surface area contributed by atoms with Crippen molar-refractivity contribution in [3.05, 3.63) is 50.1 Å². The van der Waals surface area contributed by atoms with Crippen molar-refractivity contribution in [3.63, 3.8) is 0 Å². The topological polar surface area (TPSA) is 21.3 Å². The van der Waals surface area contributed by atoms with Crippen molar-refractivity contribution in [2.45, 2.75) is 32.7 Å². The number of hydrogen-bond donors (Lipinski definition) is 1. The van der Waals surface area contributed by atoms with Gasteiger partial charge in [-0.25, -0.2) is 0 Å². The van der Waals surface area contributed by atoms with Crippen molar-refractivity contribution in [3.8, 4) is 5.75 Å². The summed E-state index contributed by atoms with van der Waals surface area (Å²) >= 11 is 5.34. The number of benzene rings is 1. The Hall–Kier alpha value is -0.840. The van der Waals surface area contributed by atoms with Gasteiger partial charge in [0.2, 0.25) is 0 Å². The average Bonchev–Trinajstić information content (AvgIpc) is 2.88. The lowest BCUT2D eigenvalue weighted by atomic mass is 10.00. The third kappa shape index (κ3) is 4.56. The third-order valence-electron chi connectivity index (χ3n) is 3.44. The second-order valence-corrected chi connectivity index (χ2v) is 7.71. The summed E-state index contributed by atoms with van der Waals surface area (Å²) in [6.07, 6.45) is 2.11. The fourth-order valence-corrected chi connectivity index (χ4v) is 3.91. The van der Waals surface area contributed by atoms with Crippen LogP contribution in [0.5, 0.6) is 5.75 Å². The highest BCUT2D eigenvalue weighted by molar-refractivity contribution is 9.11. The maximum atomic E-state index is 5.58. The Labute approximate surface area is 139 Å². The minimum Gasteiger partial charge on any atom is -0.496 e. The van der Waals surface area contributed by atoms with Gasteiger partial charge in [0.05, 0.1) is 10.9 Å². The van der Waals surface area contributed by atoms with Crippen LogP contribution in [0.3, 0.4) is 0 Å². The van der Waals surface area contributed by atoms with Crippen LogP contribution in [0, 0.1) is 6.92 Å². The number of methoxy groups -OCH3 is 1. The van der Waals surface area contributed by atoms with Gasteiger partial charge < -0.3 is 10.1 Å². The number of nitrogens with one attached hydrogen (secondary N) is 1. The summed E-state index contributed by atoms with van der Waals surface area (Å²) in [6.45, 7) is 5.30. The molecular formula is C17H22BrNOS. The van der Waals surface area contributed by atoms with Crippen molar-refractivity contribution >= 4 is 27.3 Å². The van der Waals surface area contributed by atoms with Gasteiger partial charge >= 0.3 is 0 Å². The fraction of sp³-hybridized carbons (Fsp3) is 0.412. The van der Waals surface area contributed by atoms with Crippen LogP contribution in [0.4, 0.5) is 0 Å². The van der Waals surface area contributed by atoms with Gasteiger partial charge in [0.25, 0.3) is 0 Å². The van der Waals surface area contributed by atoms with Crippen molar-refractivity contribution in [2.24, 2.45) is 0 Å². The summed E-state index contributed by atoms with van der Waals surface area (Å²) in [7, 11) is 1.75. The van der Waals surface area contributed by atoms with Gasteiger partial charge in [-0.2, -0.15) is 0 Å². The molecule has 1 unspecified atom stereocenters. The van der Waals surface area contributed by atoms with E-state index in [1.54, 1.807) is 18.4 Å². The molecule has 0 bridgehead atoms. The van der Waals surface area contributed by atoms with E-state index < -0.39 is 0 Å². The first-order valence-corrected chi connectivity index (χ1v) is 8.87. The molecule has 2 rings (SSSR count). The van der Waals surface area contributed by atoms with Crippen LogP contribution in [0.15, 0.2) is 34.1 Å². The standard InChI is InChI=1S/C17H22BrNOS/c1-4-9-19-15(11-13-6-8-17(18)21-13)14-7-5-12(2)10-16(14)20-3/h5-8,10,15,19H,4,9,11H2,1-3H3. The zero-order chi connectivity index (χ0) is 15.2. The summed E-state index contributed by atoms with van der Waals surface area (Å²) in [5, 5.41) is 3.65. The highest BCUT2D eigenvalue weighted by atomic mass is 79.9. The Morgan fingerprint density at radius 2 is 2.10 bits per heavy atom. The molecule has 0 fully saturated rings. The van der Waals surface area contributed by atoms with E-state index in [9.17, 15) is 0 Å². The fourth-order valence-electron chi connectivity index (χ4n) is 2.38. The van der Waals surface area contributed by atoms with Crippen molar-refractivity contribution in [1.29, 1.82) is 0 Å². The Morgan fingerprint density at radius 1 is 1.29 bits per heavy atom. The van der Waals surface area contributed by atoms with Gasteiger partial charge in [-0.1, -0.05) is 19.1 Å². The predicted octanol–water partition coefficient (Wildman–Crippen LogP) is 5.11. The van der Waals surface area contributed by atoms with Crippen molar-refractivity contribution < 1.29 is 4.74 Å². The van der Waals surface area contributed by atoms with Gasteiger partial charge in [0.1, 0.15) is 5.75 Å². The number of halogens is 1. The van der Waals surface area contributed by atoms with Crippen molar-refractivity contribution in [1.82, 2.24) is 5.32 Å². The summed E-state index contributed by atoms with van der Waals surface area (Å²) in [6, 6.07) is 11.0. The minimum atomic E-state index is 0.283. The molecule has 114 valence electrons. The minimum absolute atomic E-state index is 0.283. The molecule has 2 nitrogen and oxygen atoms in total. The van der Waals surface area contributed by atoms with E-state index in [-0.39, 0.29) is 6.04 Å². The van der Waals surface area contributed by atoms with Gasteiger partial charge in [-0.3, -0.25) is 0 Å². The van der Waals surface area contributed by atoms with E-state index in [4.69, 9.17) is 4.74 Å². The zero-order valence-electron chi connectivity index (χ0n) is 12.8. The number of thiophene rings is 1. The van der Waals surface area contributed by atoms with Gasteiger partial charge in [-0.05, 0) is 59.6 Å². The first-order chi connectivity index (χ1) is 10.1. The van der Waals surface area contributed by atoms with Gasteiger partial charge in [0.15, 0.2) is 0 Å². The first-order valence-electron chi connectivity index (χ1n) is 7.26. The molecule has 1 aromatic carbocycles. The maximum Gasteiger partial charge on any atom is 0.123 e. The second-order valence-electron chi connectivity index (χ2n) is 5.16. The number of rotatable bonds is 7. The van der Waals surface area contributed by atoms with Crippen LogP contribution in [0.1, 0.15) is 35.4 Å². The molecule has 2 aromatic rings. The maximum absolute atomic E-state index is 5.58. The summed E-state index contributed by atoms with van der Waals surface area (Å²) < 4.78 is 6.77. The lowest BCUT2D eigenvalue weighted by Crippen LogP contribution is -2.24. The lowest BCUT2D eigenvalue weighted by molar-refractivity contribution is 0.398. The van der Waals surface area contributed by atoms with Crippen LogP contribution >= 0.6 is 27.3 Å². The molecule has 0 aliphatic carbocycles. The largest absolute Gasteiger partial charge is 0.496 e. The Morgan fingerprint density at radius 3 is 2.71 bits per heavy atom.